The lowest BCUT2D eigenvalue weighted by atomic mass is 9.92. The molecule has 0 radical (unpaired) electrons. The lowest BCUT2D eigenvalue weighted by Gasteiger charge is -2.30. The number of urea groups is 1. The van der Waals surface area contributed by atoms with Crippen LogP contribution >= 0.6 is 11.6 Å². The van der Waals surface area contributed by atoms with E-state index < -0.39 is 23.4 Å². The standard InChI is InChI=1S/C23H25ClN4O3/c1-23(16-8-4-2-5-9-16)21(30)28(22(31)26-23)15-20(29)25-18-14-17(24)10-11-19(18)27-12-6-3-7-13-27/h2,4-5,8-11,14H,3,6-7,12-13,15H2,1H3,(H,25,29)(H,26,31). The zero-order valence-corrected chi connectivity index (χ0v) is 18.1. The number of rotatable bonds is 5. The summed E-state index contributed by atoms with van der Waals surface area (Å²) in [6, 6.07) is 13.8. The van der Waals surface area contributed by atoms with Gasteiger partial charge in [-0.15, -0.1) is 0 Å². The van der Waals surface area contributed by atoms with E-state index in [0.29, 0.717) is 16.3 Å². The highest BCUT2D eigenvalue weighted by atomic mass is 35.5. The molecule has 2 aliphatic rings. The quantitative estimate of drug-likeness (QED) is 0.694. The maximum absolute atomic E-state index is 13.0. The van der Waals surface area contributed by atoms with E-state index in [-0.39, 0.29) is 6.54 Å². The van der Waals surface area contributed by atoms with Crippen LogP contribution in [-0.4, -0.2) is 42.4 Å². The fourth-order valence-electron chi connectivity index (χ4n) is 4.16. The molecule has 7 nitrogen and oxygen atoms in total. The molecule has 2 aromatic rings. The highest BCUT2D eigenvalue weighted by Crippen LogP contribution is 2.32. The van der Waals surface area contributed by atoms with Crippen LogP contribution in [0.25, 0.3) is 0 Å². The number of benzene rings is 2. The first-order chi connectivity index (χ1) is 14.9. The molecule has 0 saturated carbocycles. The summed E-state index contributed by atoms with van der Waals surface area (Å²) in [6.45, 7) is 3.09. The molecule has 1 atom stereocenters. The first kappa shape index (κ1) is 21.2. The maximum atomic E-state index is 13.0. The van der Waals surface area contributed by atoms with Crippen molar-refractivity contribution in [2.75, 3.05) is 29.9 Å². The summed E-state index contributed by atoms with van der Waals surface area (Å²) in [6.07, 6.45) is 3.38. The van der Waals surface area contributed by atoms with Gasteiger partial charge in [0.1, 0.15) is 12.1 Å². The van der Waals surface area contributed by atoms with Crippen molar-refractivity contribution >= 4 is 40.8 Å². The van der Waals surface area contributed by atoms with E-state index in [2.05, 4.69) is 15.5 Å². The molecule has 8 heteroatoms. The van der Waals surface area contributed by atoms with Gasteiger partial charge in [0.05, 0.1) is 11.4 Å². The Labute approximate surface area is 186 Å². The fraction of sp³-hybridized carbons (Fsp3) is 0.348. The molecule has 4 amide bonds. The Hall–Kier alpha value is -3.06. The van der Waals surface area contributed by atoms with Gasteiger partial charge in [0.15, 0.2) is 0 Å². The number of carbonyl (C=O) groups excluding carboxylic acids is 3. The highest BCUT2D eigenvalue weighted by molar-refractivity contribution is 6.31. The smallest absolute Gasteiger partial charge is 0.325 e. The second-order valence-corrected chi connectivity index (χ2v) is 8.51. The van der Waals surface area contributed by atoms with E-state index in [0.717, 1.165) is 36.5 Å². The number of halogens is 1. The second-order valence-electron chi connectivity index (χ2n) is 8.07. The van der Waals surface area contributed by atoms with Crippen molar-refractivity contribution < 1.29 is 14.4 Å². The van der Waals surface area contributed by atoms with E-state index in [9.17, 15) is 14.4 Å². The number of nitrogens with one attached hydrogen (secondary N) is 2. The van der Waals surface area contributed by atoms with Crippen molar-refractivity contribution in [2.24, 2.45) is 0 Å². The van der Waals surface area contributed by atoms with Crippen LogP contribution in [0, 0.1) is 0 Å². The van der Waals surface area contributed by atoms with E-state index in [1.54, 1.807) is 43.3 Å². The second kappa shape index (κ2) is 8.59. The molecular formula is C23H25ClN4O3. The fourth-order valence-corrected chi connectivity index (χ4v) is 4.33. The molecule has 2 fully saturated rings. The predicted molar refractivity (Wildman–Crippen MR) is 120 cm³/mol. The van der Waals surface area contributed by atoms with Crippen LogP contribution in [0.2, 0.25) is 5.02 Å². The van der Waals surface area contributed by atoms with Crippen LogP contribution < -0.4 is 15.5 Å². The summed E-state index contributed by atoms with van der Waals surface area (Å²) in [7, 11) is 0. The summed E-state index contributed by atoms with van der Waals surface area (Å²) in [5.41, 5.74) is 0.938. The number of hydrogen-bond acceptors (Lipinski definition) is 4. The number of hydrogen-bond donors (Lipinski definition) is 2. The molecule has 2 saturated heterocycles. The molecule has 2 N–H and O–H groups in total. The maximum Gasteiger partial charge on any atom is 0.325 e. The first-order valence-electron chi connectivity index (χ1n) is 10.4. The van der Waals surface area contributed by atoms with Gasteiger partial charge in [-0.25, -0.2) is 4.79 Å². The molecule has 31 heavy (non-hydrogen) atoms. The van der Waals surface area contributed by atoms with E-state index >= 15 is 0 Å². The molecule has 162 valence electrons. The molecule has 2 aliphatic heterocycles. The van der Waals surface area contributed by atoms with Crippen LogP contribution in [0.3, 0.4) is 0 Å². The van der Waals surface area contributed by atoms with Gasteiger partial charge in [-0.1, -0.05) is 41.9 Å². The van der Waals surface area contributed by atoms with Crippen molar-refractivity contribution in [1.82, 2.24) is 10.2 Å². The van der Waals surface area contributed by atoms with E-state index in [1.807, 2.05) is 12.1 Å². The lowest BCUT2D eigenvalue weighted by molar-refractivity contribution is -0.133. The summed E-state index contributed by atoms with van der Waals surface area (Å²) in [4.78, 5) is 41.5. The van der Waals surface area contributed by atoms with Gasteiger partial charge in [-0.3, -0.25) is 14.5 Å². The molecule has 0 aromatic heterocycles. The summed E-state index contributed by atoms with van der Waals surface area (Å²) < 4.78 is 0. The zero-order chi connectivity index (χ0) is 22.0. The summed E-state index contributed by atoms with van der Waals surface area (Å²) in [5, 5.41) is 6.06. The average Bonchev–Trinajstić information content (AvgIpc) is 2.99. The SMILES string of the molecule is CC1(c2ccccc2)NC(=O)N(CC(=O)Nc2cc(Cl)ccc2N2CCCCC2)C1=O. The number of amides is 4. The third kappa shape index (κ3) is 4.23. The van der Waals surface area contributed by atoms with Crippen LogP contribution in [0.1, 0.15) is 31.7 Å². The Balaban J connectivity index is 1.50. The highest BCUT2D eigenvalue weighted by Gasteiger charge is 2.49. The predicted octanol–water partition coefficient (Wildman–Crippen LogP) is 3.74. The number of carbonyl (C=O) groups is 3. The first-order valence-corrected chi connectivity index (χ1v) is 10.8. The molecule has 0 spiro atoms. The van der Waals surface area contributed by atoms with Gasteiger partial charge in [0.2, 0.25) is 5.91 Å². The lowest BCUT2D eigenvalue weighted by Crippen LogP contribution is -2.42. The van der Waals surface area contributed by atoms with E-state index in [4.69, 9.17) is 11.6 Å². The van der Waals surface area contributed by atoms with Gasteiger partial charge in [0.25, 0.3) is 5.91 Å². The van der Waals surface area contributed by atoms with E-state index in [1.165, 1.54) is 6.42 Å². The van der Waals surface area contributed by atoms with Gasteiger partial charge in [0, 0.05) is 18.1 Å². The Kier molecular flexibility index (Phi) is 5.87. The molecule has 1 unspecified atom stereocenters. The van der Waals surface area contributed by atoms with Crippen molar-refractivity contribution in [3.63, 3.8) is 0 Å². The van der Waals surface area contributed by atoms with Gasteiger partial charge >= 0.3 is 6.03 Å². The van der Waals surface area contributed by atoms with Crippen LogP contribution in [-0.2, 0) is 15.1 Å². The topological polar surface area (TPSA) is 81.8 Å². The van der Waals surface area contributed by atoms with Crippen molar-refractivity contribution in [3.8, 4) is 0 Å². The van der Waals surface area contributed by atoms with Crippen LogP contribution in [0.4, 0.5) is 16.2 Å². The van der Waals surface area contributed by atoms with Crippen LogP contribution in [0.15, 0.2) is 48.5 Å². The molecular weight excluding hydrogens is 416 g/mol. The number of piperidine rings is 1. The van der Waals surface area contributed by atoms with Crippen molar-refractivity contribution in [1.29, 1.82) is 0 Å². The number of imide groups is 1. The average molecular weight is 441 g/mol. The Morgan fingerprint density at radius 3 is 2.52 bits per heavy atom. The third-order valence-corrected chi connectivity index (χ3v) is 6.09. The van der Waals surface area contributed by atoms with Crippen LogP contribution in [0.5, 0.6) is 0 Å². The normalized spacial score (nSPS) is 21.2. The Morgan fingerprint density at radius 2 is 1.81 bits per heavy atom. The van der Waals surface area contributed by atoms with Crippen molar-refractivity contribution in [2.45, 2.75) is 31.7 Å². The third-order valence-electron chi connectivity index (χ3n) is 5.86. The molecule has 4 rings (SSSR count). The van der Waals surface area contributed by atoms with Crippen molar-refractivity contribution in [3.05, 3.63) is 59.1 Å². The minimum Gasteiger partial charge on any atom is -0.370 e. The van der Waals surface area contributed by atoms with Gasteiger partial charge in [-0.05, 0) is 49.9 Å². The number of anilines is 2. The minimum absolute atomic E-state index is 0.376. The molecule has 2 aromatic carbocycles. The molecule has 2 heterocycles. The molecule has 0 bridgehead atoms. The summed E-state index contributed by atoms with van der Waals surface area (Å²) >= 11 is 6.16. The Bertz CT molecular complexity index is 1010. The van der Waals surface area contributed by atoms with Gasteiger partial charge in [-0.2, -0.15) is 0 Å². The Morgan fingerprint density at radius 1 is 1.10 bits per heavy atom. The molecule has 0 aliphatic carbocycles. The van der Waals surface area contributed by atoms with Gasteiger partial charge < -0.3 is 15.5 Å². The monoisotopic (exact) mass is 440 g/mol. The number of nitrogens with zero attached hydrogens (tertiary/aromatic N) is 2. The minimum atomic E-state index is -1.20. The summed E-state index contributed by atoms with van der Waals surface area (Å²) in [5.74, 6) is -0.914. The largest absolute Gasteiger partial charge is 0.370 e. The zero-order valence-electron chi connectivity index (χ0n) is 17.4.